The Hall–Kier alpha value is -2.04. The Kier molecular flexibility index (Phi) is 9.90. The summed E-state index contributed by atoms with van der Waals surface area (Å²) in [6, 6.07) is 7.67. The number of nitrogens with one attached hydrogen (secondary N) is 2. The highest BCUT2D eigenvalue weighted by Gasteiger charge is 2.17. The van der Waals surface area contributed by atoms with Crippen LogP contribution in [0.15, 0.2) is 29.3 Å². The Morgan fingerprint density at radius 2 is 1.74 bits per heavy atom. The van der Waals surface area contributed by atoms with Crippen LogP contribution in [0.25, 0.3) is 0 Å². The molecule has 5 heteroatoms. The van der Waals surface area contributed by atoms with E-state index in [0.29, 0.717) is 12.1 Å². The fourth-order valence-electron chi connectivity index (χ4n) is 2.79. The van der Waals surface area contributed by atoms with E-state index in [9.17, 15) is 4.79 Å². The van der Waals surface area contributed by atoms with Crippen LogP contribution in [0.5, 0.6) is 0 Å². The van der Waals surface area contributed by atoms with Crippen LogP contribution in [0.1, 0.15) is 69.3 Å². The first-order valence-electron chi connectivity index (χ1n) is 10.1. The van der Waals surface area contributed by atoms with E-state index in [1.165, 1.54) is 25.7 Å². The third kappa shape index (κ3) is 8.94. The fourth-order valence-corrected chi connectivity index (χ4v) is 2.79. The van der Waals surface area contributed by atoms with Crippen LogP contribution in [-0.2, 0) is 6.54 Å². The van der Waals surface area contributed by atoms with Gasteiger partial charge in [0.05, 0.1) is 6.54 Å². The van der Waals surface area contributed by atoms with Gasteiger partial charge in [0.25, 0.3) is 5.91 Å². The van der Waals surface area contributed by atoms with E-state index < -0.39 is 0 Å². The number of unbranched alkanes of at least 4 members (excludes halogenated alkanes) is 2. The van der Waals surface area contributed by atoms with E-state index in [4.69, 9.17) is 4.99 Å². The van der Waals surface area contributed by atoms with Gasteiger partial charge in [0.2, 0.25) is 0 Å². The second-order valence-corrected chi connectivity index (χ2v) is 8.07. The molecule has 0 bridgehead atoms. The molecule has 0 saturated carbocycles. The Bertz CT molecular complexity index is 591. The number of hydrogen-bond acceptors (Lipinski definition) is 2. The average Bonchev–Trinajstić information content (AvgIpc) is 2.64. The molecule has 0 radical (unpaired) electrons. The lowest BCUT2D eigenvalue weighted by Crippen LogP contribution is -2.42. The molecule has 5 nitrogen and oxygen atoms in total. The molecule has 1 rings (SSSR count). The molecule has 2 N–H and O–H groups in total. The summed E-state index contributed by atoms with van der Waals surface area (Å²) in [6.07, 6.45) is 5.04. The summed E-state index contributed by atoms with van der Waals surface area (Å²) in [6.45, 7) is 11.2. The number of rotatable bonds is 10. The summed E-state index contributed by atoms with van der Waals surface area (Å²) in [5, 5.41) is 6.80. The van der Waals surface area contributed by atoms with E-state index in [2.05, 4.69) is 38.3 Å². The van der Waals surface area contributed by atoms with Gasteiger partial charge in [-0.25, -0.2) is 4.99 Å². The number of carbonyl (C=O) groups is 1. The number of aliphatic imine (C=N–C) groups is 1. The maximum atomic E-state index is 12.0. The monoisotopic (exact) mass is 374 g/mol. The lowest BCUT2D eigenvalue weighted by atomic mass is 9.87. The molecule has 0 aliphatic rings. The van der Waals surface area contributed by atoms with Crippen molar-refractivity contribution in [2.45, 2.75) is 59.9 Å². The summed E-state index contributed by atoms with van der Waals surface area (Å²) in [5.74, 6) is 0.861. The average molecular weight is 375 g/mol. The van der Waals surface area contributed by atoms with Gasteiger partial charge < -0.3 is 15.5 Å². The van der Waals surface area contributed by atoms with Gasteiger partial charge in [0.15, 0.2) is 5.96 Å². The molecule has 0 aliphatic heterocycles. The molecule has 1 aromatic carbocycles. The van der Waals surface area contributed by atoms with Crippen molar-refractivity contribution in [3.63, 3.8) is 0 Å². The zero-order valence-electron chi connectivity index (χ0n) is 18.1. The van der Waals surface area contributed by atoms with Crippen molar-refractivity contribution in [3.8, 4) is 0 Å². The normalized spacial score (nSPS) is 12.0. The fraction of sp³-hybridized carbons (Fsp3) is 0.636. The minimum absolute atomic E-state index is 0.0189. The van der Waals surface area contributed by atoms with Crippen LogP contribution in [0.4, 0.5) is 0 Å². The SMILES string of the molecule is CCCCCC(C)(C)CNC(=NCc1ccc(C(=O)N(C)C)cc1)NCC. The topological polar surface area (TPSA) is 56.7 Å². The molecule has 0 unspecified atom stereocenters. The standard InChI is InChI=1S/C22H38N4O/c1-7-9-10-15-22(3,4)17-25-21(23-8-2)24-16-18-11-13-19(14-12-18)20(27)26(5)6/h11-14H,7-10,15-17H2,1-6H3,(H2,23,24,25). The van der Waals surface area contributed by atoms with Crippen LogP contribution < -0.4 is 10.6 Å². The molecule has 152 valence electrons. The van der Waals surface area contributed by atoms with E-state index in [-0.39, 0.29) is 11.3 Å². The highest BCUT2D eigenvalue weighted by molar-refractivity contribution is 5.93. The maximum Gasteiger partial charge on any atom is 0.253 e. The van der Waals surface area contributed by atoms with Crippen molar-refractivity contribution in [2.24, 2.45) is 10.4 Å². The number of benzene rings is 1. The van der Waals surface area contributed by atoms with Crippen LogP contribution >= 0.6 is 0 Å². The van der Waals surface area contributed by atoms with Crippen LogP contribution in [0.3, 0.4) is 0 Å². The molecule has 0 spiro atoms. The van der Waals surface area contributed by atoms with E-state index in [1.807, 2.05) is 24.3 Å². The van der Waals surface area contributed by atoms with Crippen molar-refractivity contribution >= 4 is 11.9 Å². The summed E-state index contributed by atoms with van der Waals surface area (Å²) < 4.78 is 0. The first-order chi connectivity index (χ1) is 12.8. The number of hydrogen-bond donors (Lipinski definition) is 2. The molecular weight excluding hydrogens is 336 g/mol. The van der Waals surface area contributed by atoms with Gasteiger partial charge in [-0.3, -0.25) is 4.79 Å². The number of nitrogens with zero attached hydrogens (tertiary/aromatic N) is 2. The van der Waals surface area contributed by atoms with Gasteiger partial charge in [-0.15, -0.1) is 0 Å². The zero-order valence-corrected chi connectivity index (χ0v) is 18.1. The van der Waals surface area contributed by atoms with Crippen molar-refractivity contribution in [3.05, 3.63) is 35.4 Å². The van der Waals surface area contributed by atoms with Gasteiger partial charge in [0.1, 0.15) is 0 Å². The molecule has 0 aromatic heterocycles. The molecular formula is C22H38N4O. The highest BCUT2D eigenvalue weighted by Crippen LogP contribution is 2.22. The minimum atomic E-state index is 0.0189. The number of guanidine groups is 1. The van der Waals surface area contributed by atoms with Gasteiger partial charge in [-0.05, 0) is 36.5 Å². The van der Waals surface area contributed by atoms with E-state index in [1.54, 1.807) is 19.0 Å². The Labute approximate surface area is 165 Å². The largest absolute Gasteiger partial charge is 0.357 e. The zero-order chi connectivity index (χ0) is 20.3. The predicted octanol–water partition coefficient (Wildman–Crippen LogP) is 4.05. The lowest BCUT2D eigenvalue weighted by molar-refractivity contribution is 0.0827. The summed E-state index contributed by atoms with van der Waals surface area (Å²) in [4.78, 5) is 18.2. The van der Waals surface area contributed by atoms with Crippen LogP contribution in [-0.4, -0.2) is 44.0 Å². The molecule has 0 saturated heterocycles. The number of carbonyl (C=O) groups excluding carboxylic acids is 1. The third-order valence-corrected chi connectivity index (χ3v) is 4.56. The summed E-state index contributed by atoms with van der Waals surface area (Å²) in [7, 11) is 3.53. The van der Waals surface area contributed by atoms with Crippen LogP contribution in [0, 0.1) is 5.41 Å². The second kappa shape index (κ2) is 11.6. The van der Waals surface area contributed by atoms with Crippen molar-refractivity contribution in [2.75, 3.05) is 27.2 Å². The van der Waals surface area contributed by atoms with Gasteiger partial charge in [-0.2, -0.15) is 0 Å². The van der Waals surface area contributed by atoms with E-state index >= 15 is 0 Å². The van der Waals surface area contributed by atoms with Crippen molar-refractivity contribution in [1.82, 2.24) is 15.5 Å². The Morgan fingerprint density at radius 1 is 1.07 bits per heavy atom. The van der Waals surface area contributed by atoms with Crippen LogP contribution in [0.2, 0.25) is 0 Å². The van der Waals surface area contributed by atoms with Gasteiger partial charge in [0, 0.05) is 32.7 Å². The van der Waals surface area contributed by atoms with E-state index in [0.717, 1.165) is 24.6 Å². The van der Waals surface area contributed by atoms with Gasteiger partial charge in [-0.1, -0.05) is 52.2 Å². The number of amides is 1. The van der Waals surface area contributed by atoms with Crippen molar-refractivity contribution in [1.29, 1.82) is 0 Å². The molecule has 1 aromatic rings. The predicted molar refractivity (Wildman–Crippen MR) is 115 cm³/mol. The quantitative estimate of drug-likeness (QED) is 0.369. The van der Waals surface area contributed by atoms with Gasteiger partial charge >= 0.3 is 0 Å². The molecule has 0 aliphatic carbocycles. The second-order valence-electron chi connectivity index (χ2n) is 8.07. The highest BCUT2D eigenvalue weighted by atomic mass is 16.2. The molecule has 0 heterocycles. The maximum absolute atomic E-state index is 12.0. The minimum Gasteiger partial charge on any atom is -0.357 e. The third-order valence-electron chi connectivity index (χ3n) is 4.56. The molecule has 1 amide bonds. The lowest BCUT2D eigenvalue weighted by Gasteiger charge is -2.26. The molecule has 0 fully saturated rings. The smallest absolute Gasteiger partial charge is 0.253 e. The first kappa shape index (κ1) is 23.0. The molecule has 27 heavy (non-hydrogen) atoms. The first-order valence-corrected chi connectivity index (χ1v) is 10.1. The van der Waals surface area contributed by atoms with Crippen molar-refractivity contribution < 1.29 is 4.79 Å². The Morgan fingerprint density at radius 3 is 2.30 bits per heavy atom. The molecule has 0 atom stereocenters. The summed E-state index contributed by atoms with van der Waals surface area (Å²) >= 11 is 0. The Balaban J connectivity index is 2.64. The summed E-state index contributed by atoms with van der Waals surface area (Å²) in [5.41, 5.74) is 2.04.